The molecule has 3 N–H and O–H groups in total. The molecule has 1 atom stereocenters. The monoisotopic (exact) mass is 239 g/mol. The molecule has 1 amide bonds. The maximum Gasteiger partial charge on any atom is 0.255 e. The van der Waals surface area contributed by atoms with Crippen molar-refractivity contribution in [3.8, 4) is 11.5 Å². The fraction of sp³-hybridized carbons (Fsp3) is 0.417. The molecule has 5 heteroatoms. The zero-order valence-electron chi connectivity index (χ0n) is 9.93. The van der Waals surface area contributed by atoms with Crippen LogP contribution in [0.1, 0.15) is 17.3 Å². The van der Waals surface area contributed by atoms with Gasteiger partial charge >= 0.3 is 0 Å². The normalized spacial score (nSPS) is 12.1. The molecule has 0 aliphatic heterocycles. The van der Waals surface area contributed by atoms with E-state index in [0.717, 1.165) is 6.07 Å². The molecule has 1 rings (SSSR count). The molecule has 5 nitrogen and oxygen atoms in total. The summed E-state index contributed by atoms with van der Waals surface area (Å²) < 4.78 is 4.95. The third kappa shape index (κ3) is 3.96. The van der Waals surface area contributed by atoms with E-state index in [4.69, 9.17) is 9.84 Å². The highest BCUT2D eigenvalue weighted by atomic mass is 16.5. The number of aromatic hydroxyl groups is 2. The topological polar surface area (TPSA) is 78.8 Å². The van der Waals surface area contributed by atoms with Gasteiger partial charge in [0.15, 0.2) is 0 Å². The van der Waals surface area contributed by atoms with Crippen molar-refractivity contribution >= 4 is 5.91 Å². The van der Waals surface area contributed by atoms with Crippen LogP contribution in [0.5, 0.6) is 11.5 Å². The highest BCUT2D eigenvalue weighted by Crippen LogP contribution is 2.22. The summed E-state index contributed by atoms with van der Waals surface area (Å²) in [7, 11) is 1.60. The summed E-state index contributed by atoms with van der Waals surface area (Å²) in [4.78, 5) is 11.7. The van der Waals surface area contributed by atoms with Crippen molar-refractivity contribution in [1.29, 1.82) is 0 Å². The van der Waals surface area contributed by atoms with Gasteiger partial charge in [-0.1, -0.05) is 6.92 Å². The molecule has 1 aromatic carbocycles. The van der Waals surface area contributed by atoms with Gasteiger partial charge in [-0.15, -0.1) is 0 Å². The lowest BCUT2D eigenvalue weighted by Crippen LogP contribution is -2.29. The number of hydrogen-bond donors (Lipinski definition) is 3. The molecule has 0 radical (unpaired) electrons. The van der Waals surface area contributed by atoms with Crippen molar-refractivity contribution in [2.75, 3.05) is 20.3 Å². The minimum absolute atomic E-state index is 0.0770. The molecule has 0 aliphatic carbocycles. The van der Waals surface area contributed by atoms with E-state index in [9.17, 15) is 9.90 Å². The van der Waals surface area contributed by atoms with Crippen molar-refractivity contribution in [3.63, 3.8) is 0 Å². The minimum Gasteiger partial charge on any atom is -0.508 e. The van der Waals surface area contributed by atoms with Crippen molar-refractivity contribution in [2.45, 2.75) is 6.92 Å². The number of methoxy groups -OCH3 is 1. The number of phenolic OH excluding ortho intramolecular Hbond substituents is 2. The molecule has 0 aliphatic rings. The summed E-state index contributed by atoms with van der Waals surface area (Å²) in [5.74, 6) is -0.484. The Labute approximate surface area is 100 Å². The van der Waals surface area contributed by atoms with Gasteiger partial charge in [-0.05, 0) is 18.1 Å². The van der Waals surface area contributed by atoms with E-state index in [-0.39, 0.29) is 28.9 Å². The van der Waals surface area contributed by atoms with Gasteiger partial charge in [-0.3, -0.25) is 4.79 Å². The molecule has 0 saturated carbocycles. The summed E-state index contributed by atoms with van der Waals surface area (Å²) in [6, 6.07) is 3.86. The van der Waals surface area contributed by atoms with E-state index in [1.807, 2.05) is 6.92 Å². The van der Waals surface area contributed by atoms with Gasteiger partial charge in [0.05, 0.1) is 12.2 Å². The first-order valence-corrected chi connectivity index (χ1v) is 5.33. The minimum atomic E-state index is -0.370. The zero-order chi connectivity index (χ0) is 12.8. The maximum atomic E-state index is 11.7. The van der Waals surface area contributed by atoms with Crippen LogP contribution in [-0.2, 0) is 4.74 Å². The molecule has 0 spiro atoms. The highest BCUT2D eigenvalue weighted by molar-refractivity contribution is 5.96. The third-order valence-electron chi connectivity index (χ3n) is 2.29. The number of carbonyl (C=O) groups is 1. The molecular weight excluding hydrogens is 222 g/mol. The summed E-state index contributed by atoms with van der Waals surface area (Å²) in [6.07, 6.45) is 0. The van der Waals surface area contributed by atoms with E-state index in [1.54, 1.807) is 7.11 Å². The quantitative estimate of drug-likeness (QED) is 0.719. The summed E-state index contributed by atoms with van der Waals surface area (Å²) in [5, 5.41) is 21.3. The Balaban J connectivity index is 2.58. The Morgan fingerprint density at radius 2 is 2.18 bits per heavy atom. The van der Waals surface area contributed by atoms with Gasteiger partial charge < -0.3 is 20.3 Å². The molecule has 0 bridgehead atoms. The molecule has 0 heterocycles. The Bertz CT molecular complexity index is 392. The first-order chi connectivity index (χ1) is 8.04. The van der Waals surface area contributed by atoms with Crippen LogP contribution >= 0.6 is 0 Å². The molecule has 94 valence electrons. The first kappa shape index (κ1) is 13.3. The molecular formula is C12H17NO4. The Kier molecular flexibility index (Phi) is 4.78. The lowest BCUT2D eigenvalue weighted by Gasteiger charge is -2.12. The standard InChI is InChI=1S/C12H17NO4/c1-8(7-17-2)6-13-12(16)10-4-3-9(14)5-11(10)15/h3-5,8,14-15H,6-7H2,1-2H3,(H,13,16). The second kappa shape index (κ2) is 6.10. The Morgan fingerprint density at radius 3 is 2.76 bits per heavy atom. The smallest absolute Gasteiger partial charge is 0.255 e. The average Bonchev–Trinajstić information content (AvgIpc) is 2.26. The van der Waals surface area contributed by atoms with Gasteiger partial charge in [-0.2, -0.15) is 0 Å². The number of amides is 1. The molecule has 1 aromatic rings. The van der Waals surface area contributed by atoms with Gasteiger partial charge in [0.25, 0.3) is 5.91 Å². The molecule has 17 heavy (non-hydrogen) atoms. The van der Waals surface area contributed by atoms with Crippen molar-refractivity contribution in [1.82, 2.24) is 5.32 Å². The lowest BCUT2D eigenvalue weighted by molar-refractivity contribution is 0.0931. The van der Waals surface area contributed by atoms with E-state index in [2.05, 4.69) is 5.32 Å². The van der Waals surface area contributed by atoms with Crippen LogP contribution in [0.15, 0.2) is 18.2 Å². The van der Waals surface area contributed by atoms with Crippen LogP contribution in [0, 0.1) is 5.92 Å². The second-order valence-electron chi connectivity index (χ2n) is 3.97. The first-order valence-electron chi connectivity index (χ1n) is 5.33. The van der Waals surface area contributed by atoms with Crippen LogP contribution < -0.4 is 5.32 Å². The van der Waals surface area contributed by atoms with E-state index in [0.29, 0.717) is 13.2 Å². The Morgan fingerprint density at radius 1 is 1.47 bits per heavy atom. The van der Waals surface area contributed by atoms with Crippen LogP contribution in [0.3, 0.4) is 0 Å². The van der Waals surface area contributed by atoms with Crippen molar-refractivity contribution in [3.05, 3.63) is 23.8 Å². The fourth-order valence-corrected chi connectivity index (χ4v) is 1.42. The number of benzene rings is 1. The van der Waals surface area contributed by atoms with Gasteiger partial charge in [0.1, 0.15) is 11.5 Å². The molecule has 0 fully saturated rings. The summed E-state index contributed by atoms with van der Waals surface area (Å²) >= 11 is 0. The average molecular weight is 239 g/mol. The second-order valence-corrected chi connectivity index (χ2v) is 3.97. The maximum absolute atomic E-state index is 11.7. The van der Waals surface area contributed by atoms with Gasteiger partial charge in [-0.25, -0.2) is 0 Å². The highest BCUT2D eigenvalue weighted by Gasteiger charge is 2.12. The van der Waals surface area contributed by atoms with E-state index < -0.39 is 0 Å². The van der Waals surface area contributed by atoms with Gasteiger partial charge in [0.2, 0.25) is 0 Å². The van der Waals surface area contributed by atoms with Crippen LogP contribution in [-0.4, -0.2) is 36.4 Å². The number of hydrogen-bond acceptors (Lipinski definition) is 4. The van der Waals surface area contributed by atoms with Gasteiger partial charge in [0, 0.05) is 19.7 Å². The molecule has 1 unspecified atom stereocenters. The fourth-order valence-electron chi connectivity index (χ4n) is 1.42. The SMILES string of the molecule is COCC(C)CNC(=O)c1ccc(O)cc1O. The largest absolute Gasteiger partial charge is 0.508 e. The number of ether oxygens (including phenoxy) is 1. The van der Waals surface area contributed by atoms with Crippen LogP contribution in [0.25, 0.3) is 0 Å². The van der Waals surface area contributed by atoms with E-state index in [1.165, 1.54) is 12.1 Å². The number of phenols is 2. The molecule has 0 saturated heterocycles. The van der Waals surface area contributed by atoms with Crippen LogP contribution in [0.4, 0.5) is 0 Å². The number of carbonyl (C=O) groups excluding carboxylic acids is 1. The third-order valence-corrected chi connectivity index (χ3v) is 2.29. The summed E-state index contributed by atoms with van der Waals surface area (Å²) in [6.45, 7) is 2.97. The molecule has 0 aromatic heterocycles. The zero-order valence-corrected chi connectivity index (χ0v) is 9.93. The van der Waals surface area contributed by atoms with Crippen molar-refractivity contribution < 1.29 is 19.7 Å². The Hall–Kier alpha value is -1.75. The lowest BCUT2D eigenvalue weighted by atomic mass is 10.1. The van der Waals surface area contributed by atoms with E-state index >= 15 is 0 Å². The number of rotatable bonds is 5. The van der Waals surface area contributed by atoms with Crippen molar-refractivity contribution in [2.24, 2.45) is 5.92 Å². The number of nitrogens with one attached hydrogen (secondary N) is 1. The predicted octanol–water partition coefficient (Wildman–Crippen LogP) is 1.11. The predicted molar refractivity (Wildman–Crippen MR) is 63.1 cm³/mol. The van der Waals surface area contributed by atoms with Crippen LogP contribution in [0.2, 0.25) is 0 Å². The summed E-state index contributed by atoms with van der Waals surface area (Å²) in [5.41, 5.74) is 0.146.